The molecule has 0 heterocycles. The van der Waals surface area contributed by atoms with E-state index in [2.05, 4.69) is 6.92 Å². The summed E-state index contributed by atoms with van der Waals surface area (Å²) in [7, 11) is 1.78. The topological polar surface area (TPSA) is 57.6 Å². The van der Waals surface area contributed by atoms with Crippen LogP contribution in [-0.2, 0) is 9.59 Å². The van der Waals surface area contributed by atoms with Gasteiger partial charge in [0.25, 0.3) is 0 Å². The number of hydrogen-bond donors (Lipinski definition) is 1. The average Bonchev–Trinajstić information content (AvgIpc) is 3.01. The van der Waals surface area contributed by atoms with Gasteiger partial charge >= 0.3 is 5.97 Å². The molecule has 18 heavy (non-hydrogen) atoms. The maximum absolute atomic E-state index is 12.1. The van der Waals surface area contributed by atoms with E-state index in [4.69, 9.17) is 0 Å². The molecule has 0 aromatic heterocycles. The minimum Gasteiger partial charge on any atom is -0.481 e. The van der Waals surface area contributed by atoms with Gasteiger partial charge in [0, 0.05) is 20.0 Å². The Hall–Kier alpha value is -1.06. The fourth-order valence-electron chi connectivity index (χ4n) is 2.41. The molecule has 2 unspecified atom stereocenters. The van der Waals surface area contributed by atoms with E-state index >= 15 is 0 Å². The van der Waals surface area contributed by atoms with Gasteiger partial charge in [-0.3, -0.25) is 9.59 Å². The quantitative estimate of drug-likeness (QED) is 0.760. The summed E-state index contributed by atoms with van der Waals surface area (Å²) < 4.78 is 0. The summed E-state index contributed by atoms with van der Waals surface area (Å²) in [6, 6.07) is 0. The molecule has 2 atom stereocenters. The lowest BCUT2D eigenvalue weighted by atomic mass is 9.79. The molecule has 0 spiro atoms. The molecular formula is C14H25NO3. The second-order valence-electron chi connectivity index (χ2n) is 5.72. The van der Waals surface area contributed by atoms with Gasteiger partial charge in [0.05, 0.1) is 5.41 Å². The van der Waals surface area contributed by atoms with Crippen molar-refractivity contribution in [3.8, 4) is 0 Å². The molecule has 104 valence electrons. The first-order valence-electron chi connectivity index (χ1n) is 6.83. The van der Waals surface area contributed by atoms with Crippen LogP contribution in [0.3, 0.4) is 0 Å². The Morgan fingerprint density at radius 1 is 1.33 bits per heavy atom. The Labute approximate surface area is 109 Å². The van der Waals surface area contributed by atoms with Gasteiger partial charge in [-0.1, -0.05) is 20.8 Å². The molecule has 4 heteroatoms. The normalized spacial score (nSPS) is 22.7. The molecule has 0 aromatic rings. The van der Waals surface area contributed by atoms with Crippen LogP contribution >= 0.6 is 0 Å². The lowest BCUT2D eigenvalue weighted by Crippen LogP contribution is -2.38. The molecule has 1 aliphatic rings. The number of carbonyl (C=O) groups excluding carboxylic acids is 1. The first-order chi connectivity index (χ1) is 8.36. The standard InChI is InChI=1S/C14H25NO3/c1-5-14(6-2,13(17)18)8-12(16)15(4)9-11-7-10(11)3/h10-11H,5-9H2,1-4H3,(H,17,18). The van der Waals surface area contributed by atoms with Crippen molar-refractivity contribution in [2.24, 2.45) is 17.3 Å². The van der Waals surface area contributed by atoms with Gasteiger partial charge in [0.15, 0.2) is 0 Å². The van der Waals surface area contributed by atoms with Crippen LogP contribution in [-0.4, -0.2) is 35.5 Å². The molecule has 0 radical (unpaired) electrons. The number of hydrogen-bond acceptors (Lipinski definition) is 2. The third kappa shape index (κ3) is 3.24. The van der Waals surface area contributed by atoms with Crippen molar-refractivity contribution >= 4 is 11.9 Å². The van der Waals surface area contributed by atoms with Gasteiger partial charge in [0.2, 0.25) is 5.91 Å². The van der Waals surface area contributed by atoms with E-state index in [1.54, 1.807) is 11.9 Å². The number of amides is 1. The number of nitrogens with zero attached hydrogens (tertiary/aromatic N) is 1. The highest BCUT2D eigenvalue weighted by Gasteiger charge is 2.39. The van der Waals surface area contributed by atoms with Crippen molar-refractivity contribution in [2.75, 3.05) is 13.6 Å². The van der Waals surface area contributed by atoms with Crippen LogP contribution < -0.4 is 0 Å². The van der Waals surface area contributed by atoms with Gasteiger partial charge in [-0.2, -0.15) is 0 Å². The predicted molar refractivity (Wildman–Crippen MR) is 70.2 cm³/mol. The maximum Gasteiger partial charge on any atom is 0.310 e. The number of carboxylic acid groups (broad SMARTS) is 1. The summed E-state index contributed by atoms with van der Waals surface area (Å²) in [5.41, 5.74) is -0.888. The second kappa shape index (κ2) is 5.72. The maximum atomic E-state index is 12.1. The van der Waals surface area contributed by atoms with Crippen LogP contribution in [0.25, 0.3) is 0 Å². The van der Waals surface area contributed by atoms with Crippen LogP contribution in [0.5, 0.6) is 0 Å². The highest BCUT2D eigenvalue weighted by molar-refractivity contribution is 5.84. The Morgan fingerprint density at radius 3 is 2.17 bits per heavy atom. The first-order valence-corrected chi connectivity index (χ1v) is 6.83. The van der Waals surface area contributed by atoms with Crippen molar-refractivity contribution in [2.45, 2.75) is 46.5 Å². The zero-order valence-corrected chi connectivity index (χ0v) is 11.9. The summed E-state index contributed by atoms with van der Waals surface area (Å²) >= 11 is 0. The number of carbonyl (C=O) groups is 2. The van der Waals surface area contributed by atoms with Crippen LogP contribution in [0, 0.1) is 17.3 Å². The Kier molecular flexibility index (Phi) is 4.77. The third-order valence-corrected chi connectivity index (χ3v) is 4.51. The molecule has 1 rings (SSSR count). The molecule has 1 amide bonds. The number of aliphatic carboxylic acids is 1. The lowest BCUT2D eigenvalue weighted by molar-refractivity contribution is -0.154. The van der Waals surface area contributed by atoms with E-state index in [9.17, 15) is 14.7 Å². The Morgan fingerprint density at radius 2 is 1.83 bits per heavy atom. The van der Waals surface area contributed by atoms with Crippen molar-refractivity contribution < 1.29 is 14.7 Å². The predicted octanol–water partition coefficient (Wildman–Crippen LogP) is 2.38. The molecule has 0 aliphatic heterocycles. The largest absolute Gasteiger partial charge is 0.481 e. The van der Waals surface area contributed by atoms with E-state index in [1.165, 1.54) is 6.42 Å². The number of carboxylic acids is 1. The van der Waals surface area contributed by atoms with Gasteiger partial charge in [-0.15, -0.1) is 0 Å². The highest BCUT2D eigenvalue weighted by atomic mass is 16.4. The lowest BCUT2D eigenvalue weighted by Gasteiger charge is -2.28. The SMILES string of the molecule is CCC(CC)(CC(=O)N(C)CC1CC1C)C(=O)O. The minimum atomic E-state index is -0.888. The zero-order valence-electron chi connectivity index (χ0n) is 11.9. The Bertz CT molecular complexity index is 323. The van der Waals surface area contributed by atoms with E-state index in [0.717, 1.165) is 6.54 Å². The molecule has 0 bridgehead atoms. The Balaban J connectivity index is 2.57. The smallest absolute Gasteiger partial charge is 0.310 e. The molecule has 0 aromatic carbocycles. The summed E-state index contributed by atoms with van der Waals surface area (Å²) in [6.45, 7) is 6.63. The summed E-state index contributed by atoms with van der Waals surface area (Å²) in [6.07, 6.45) is 2.30. The molecule has 1 N–H and O–H groups in total. The van der Waals surface area contributed by atoms with Crippen LogP contribution in [0.15, 0.2) is 0 Å². The molecule has 1 fully saturated rings. The summed E-state index contributed by atoms with van der Waals surface area (Å²) in [5, 5.41) is 9.32. The van der Waals surface area contributed by atoms with Crippen LogP contribution in [0.2, 0.25) is 0 Å². The fraction of sp³-hybridized carbons (Fsp3) is 0.857. The molecular weight excluding hydrogens is 230 g/mol. The summed E-state index contributed by atoms with van der Waals surface area (Å²) in [4.78, 5) is 25.2. The highest BCUT2D eigenvalue weighted by Crippen LogP contribution is 2.38. The molecule has 4 nitrogen and oxygen atoms in total. The van der Waals surface area contributed by atoms with E-state index in [-0.39, 0.29) is 12.3 Å². The van der Waals surface area contributed by atoms with Crippen molar-refractivity contribution in [3.05, 3.63) is 0 Å². The van der Waals surface area contributed by atoms with Crippen molar-refractivity contribution in [3.63, 3.8) is 0 Å². The molecule has 1 aliphatic carbocycles. The van der Waals surface area contributed by atoms with Crippen LogP contribution in [0.4, 0.5) is 0 Å². The second-order valence-corrected chi connectivity index (χ2v) is 5.72. The zero-order chi connectivity index (χ0) is 13.9. The van der Waals surface area contributed by atoms with Gasteiger partial charge in [-0.25, -0.2) is 0 Å². The van der Waals surface area contributed by atoms with E-state index in [0.29, 0.717) is 24.7 Å². The first kappa shape index (κ1) is 15.0. The van der Waals surface area contributed by atoms with E-state index in [1.807, 2.05) is 13.8 Å². The van der Waals surface area contributed by atoms with Crippen LogP contribution in [0.1, 0.15) is 46.5 Å². The van der Waals surface area contributed by atoms with Crippen molar-refractivity contribution in [1.82, 2.24) is 4.90 Å². The third-order valence-electron chi connectivity index (χ3n) is 4.51. The summed E-state index contributed by atoms with van der Waals surface area (Å²) in [5.74, 6) is 0.428. The van der Waals surface area contributed by atoms with E-state index < -0.39 is 11.4 Å². The minimum absolute atomic E-state index is 0.0415. The van der Waals surface area contributed by atoms with Gasteiger partial charge in [0.1, 0.15) is 0 Å². The van der Waals surface area contributed by atoms with Gasteiger partial charge < -0.3 is 10.0 Å². The number of rotatable bonds is 7. The molecule has 1 saturated carbocycles. The monoisotopic (exact) mass is 255 g/mol. The van der Waals surface area contributed by atoms with Crippen molar-refractivity contribution in [1.29, 1.82) is 0 Å². The van der Waals surface area contributed by atoms with Gasteiger partial charge in [-0.05, 0) is 31.1 Å². The average molecular weight is 255 g/mol. The molecule has 0 saturated heterocycles. The fourth-order valence-corrected chi connectivity index (χ4v) is 2.41.